The van der Waals surface area contributed by atoms with Gasteiger partial charge in [-0.1, -0.05) is 24.3 Å². The van der Waals surface area contributed by atoms with Gasteiger partial charge in [0, 0.05) is 37.6 Å². The summed E-state index contributed by atoms with van der Waals surface area (Å²) in [6.45, 7) is 2.85. The quantitative estimate of drug-likeness (QED) is 0.635. The van der Waals surface area contributed by atoms with E-state index in [4.69, 9.17) is 0 Å². The Balaban J connectivity index is 1.67. The van der Waals surface area contributed by atoms with E-state index in [9.17, 15) is 18.0 Å². The standard InChI is InChI=1S/C22H23N5O4S/c1-3-27-22(29)18-11-5-4-10-17(18)20(24-27)21(28)23-15-8-6-9-16(14-15)32(30,31)25-19-12-7-13-26(19)2/h4-6,8-11,14H,3,7,12-13H2,1-2H3,(H,23,28). The number of fused-ring (bicyclic) bond motifs is 1. The van der Waals surface area contributed by atoms with Crippen molar-refractivity contribution in [1.29, 1.82) is 0 Å². The van der Waals surface area contributed by atoms with Crippen molar-refractivity contribution in [3.63, 3.8) is 0 Å². The molecule has 1 saturated heterocycles. The number of nitrogens with zero attached hydrogens (tertiary/aromatic N) is 4. The van der Waals surface area contributed by atoms with Crippen molar-refractivity contribution in [2.75, 3.05) is 18.9 Å². The predicted molar refractivity (Wildman–Crippen MR) is 123 cm³/mol. The van der Waals surface area contributed by atoms with E-state index in [1.54, 1.807) is 43.3 Å². The number of amidine groups is 1. The fourth-order valence-corrected chi connectivity index (χ4v) is 4.78. The second-order valence-corrected chi connectivity index (χ2v) is 9.11. The van der Waals surface area contributed by atoms with Crippen LogP contribution in [0.4, 0.5) is 5.69 Å². The molecule has 2 aromatic carbocycles. The van der Waals surface area contributed by atoms with Crippen molar-refractivity contribution in [3.05, 3.63) is 64.6 Å². The number of anilines is 1. The van der Waals surface area contributed by atoms with Gasteiger partial charge in [0.15, 0.2) is 5.69 Å². The summed E-state index contributed by atoms with van der Waals surface area (Å²) in [5, 5.41) is 7.73. The summed E-state index contributed by atoms with van der Waals surface area (Å²) in [4.78, 5) is 27.3. The zero-order chi connectivity index (χ0) is 22.9. The number of benzene rings is 2. The molecule has 1 aliphatic rings. The molecule has 0 radical (unpaired) electrons. The number of likely N-dealkylation sites (tertiary alicyclic amines) is 1. The lowest BCUT2D eigenvalue weighted by Gasteiger charge is -2.12. The van der Waals surface area contributed by atoms with Crippen LogP contribution in [0.3, 0.4) is 0 Å². The Bertz CT molecular complexity index is 1390. The van der Waals surface area contributed by atoms with Gasteiger partial charge in [0.25, 0.3) is 21.5 Å². The third kappa shape index (κ3) is 4.13. The summed E-state index contributed by atoms with van der Waals surface area (Å²) in [6.07, 6.45) is 1.47. The second-order valence-electron chi connectivity index (χ2n) is 7.50. The summed E-state index contributed by atoms with van der Waals surface area (Å²) >= 11 is 0. The van der Waals surface area contributed by atoms with Gasteiger partial charge in [-0.3, -0.25) is 9.59 Å². The number of carbonyl (C=O) groups is 1. The minimum absolute atomic E-state index is 0.0144. The lowest BCUT2D eigenvalue weighted by atomic mass is 10.1. The lowest BCUT2D eigenvalue weighted by molar-refractivity contribution is 0.102. The second kappa shape index (κ2) is 8.54. The number of hydrogen-bond donors (Lipinski definition) is 1. The molecular formula is C22H23N5O4S. The normalized spacial score (nSPS) is 15.4. The Labute approximate surface area is 185 Å². The molecule has 1 aromatic heterocycles. The van der Waals surface area contributed by atoms with Crippen LogP contribution < -0.4 is 10.9 Å². The first kappa shape index (κ1) is 21.7. The van der Waals surface area contributed by atoms with Gasteiger partial charge in [-0.2, -0.15) is 13.5 Å². The van der Waals surface area contributed by atoms with E-state index >= 15 is 0 Å². The summed E-state index contributed by atoms with van der Waals surface area (Å²) < 4.78 is 30.7. The van der Waals surface area contributed by atoms with Crippen LogP contribution >= 0.6 is 0 Å². The van der Waals surface area contributed by atoms with Crippen molar-refractivity contribution in [1.82, 2.24) is 14.7 Å². The smallest absolute Gasteiger partial charge is 0.284 e. The van der Waals surface area contributed by atoms with Gasteiger partial charge in [0.1, 0.15) is 5.84 Å². The number of sulfonamides is 1. The molecule has 4 rings (SSSR count). The number of rotatable bonds is 5. The number of aryl methyl sites for hydroxylation is 1. The van der Waals surface area contributed by atoms with Crippen LogP contribution in [0.2, 0.25) is 0 Å². The highest BCUT2D eigenvalue weighted by Crippen LogP contribution is 2.21. The van der Waals surface area contributed by atoms with E-state index in [2.05, 4.69) is 14.8 Å². The minimum atomic E-state index is -3.92. The molecule has 3 aromatic rings. The molecule has 9 nitrogen and oxygen atoms in total. The summed E-state index contributed by atoms with van der Waals surface area (Å²) in [5.41, 5.74) is 0.100. The van der Waals surface area contributed by atoms with Gasteiger partial charge >= 0.3 is 0 Å². The van der Waals surface area contributed by atoms with E-state index in [1.807, 2.05) is 11.9 Å². The maximum Gasteiger partial charge on any atom is 0.284 e. The monoisotopic (exact) mass is 453 g/mol. The third-order valence-corrected chi connectivity index (χ3v) is 6.63. The molecule has 10 heteroatoms. The van der Waals surface area contributed by atoms with Gasteiger partial charge < -0.3 is 10.2 Å². The number of amides is 1. The van der Waals surface area contributed by atoms with Crippen molar-refractivity contribution in [2.24, 2.45) is 4.40 Å². The van der Waals surface area contributed by atoms with E-state index in [-0.39, 0.29) is 21.8 Å². The molecule has 0 atom stereocenters. The zero-order valence-electron chi connectivity index (χ0n) is 17.8. The van der Waals surface area contributed by atoms with Crippen molar-refractivity contribution in [3.8, 4) is 0 Å². The van der Waals surface area contributed by atoms with Crippen LogP contribution in [-0.4, -0.2) is 48.4 Å². The first-order chi connectivity index (χ1) is 15.3. The zero-order valence-corrected chi connectivity index (χ0v) is 18.6. The summed E-state index contributed by atoms with van der Waals surface area (Å²) in [7, 11) is -2.11. The third-order valence-electron chi connectivity index (χ3n) is 5.33. The highest BCUT2D eigenvalue weighted by molar-refractivity contribution is 7.90. The molecule has 32 heavy (non-hydrogen) atoms. The Morgan fingerprint density at radius 1 is 1.16 bits per heavy atom. The fraction of sp³-hybridized carbons (Fsp3) is 0.273. The van der Waals surface area contributed by atoms with E-state index < -0.39 is 15.9 Å². The SMILES string of the molecule is CCn1nc(C(=O)Nc2cccc(S(=O)(=O)N=C3CCCN3C)c2)c2ccccc2c1=O. The molecule has 0 bridgehead atoms. The molecule has 0 aliphatic carbocycles. The Kier molecular flexibility index (Phi) is 5.79. The Morgan fingerprint density at radius 2 is 1.91 bits per heavy atom. The molecule has 2 heterocycles. The van der Waals surface area contributed by atoms with Crippen molar-refractivity contribution < 1.29 is 13.2 Å². The maximum atomic E-state index is 13.0. The van der Waals surface area contributed by atoms with Gasteiger partial charge in [0.2, 0.25) is 0 Å². The van der Waals surface area contributed by atoms with Crippen LogP contribution in [0.1, 0.15) is 30.3 Å². The van der Waals surface area contributed by atoms with Crippen LogP contribution in [0.15, 0.2) is 62.6 Å². The van der Waals surface area contributed by atoms with Crippen LogP contribution in [0, 0.1) is 0 Å². The molecule has 1 fully saturated rings. The Hall–Kier alpha value is -3.53. The molecule has 0 unspecified atom stereocenters. The molecule has 1 aliphatic heterocycles. The van der Waals surface area contributed by atoms with E-state index in [1.165, 1.54) is 16.8 Å². The van der Waals surface area contributed by atoms with Gasteiger partial charge in [0.05, 0.1) is 10.3 Å². The minimum Gasteiger partial charge on any atom is -0.362 e. The lowest BCUT2D eigenvalue weighted by Crippen LogP contribution is -2.27. The maximum absolute atomic E-state index is 13.0. The summed E-state index contributed by atoms with van der Waals surface area (Å²) in [6, 6.07) is 12.7. The first-order valence-electron chi connectivity index (χ1n) is 10.3. The first-order valence-corrected chi connectivity index (χ1v) is 11.7. The predicted octanol–water partition coefficient (Wildman–Crippen LogP) is 2.48. The van der Waals surface area contributed by atoms with Crippen LogP contribution in [-0.2, 0) is 16.6 Å². The average molecular weight is 454 g/mol. The number of aromatic nitrogens is 2. The van der Waals surface area contributed by atoms with Crippen LogP contribution in [0.25, 0.3) is 10.8 Å². The van der Waals surface area contributed by atoms with Crippen LogP contribution in [0.5, 0.6) is 0 Å². The van der Waals surface area contributed by atoms with Gasteiger partial charge in [-0.25, -0.2) is 4.68 Å². The number of nitrogens with one attached hydrogen (secondary N) is 1. The molecule has 0 spiro atoms. The van der Waals surface area contributed by atoms with Gasteiger partial charge in [-0.05, 0) is 37.6 Å². The highest BCUT2D eigenvalue weighted by Gasteiger charge is 2.21. The largest absolute Gasteiger partial charge is 0.362 e. The average Bonchev–Trinajstić information content (AvgIpc) is 3.18. The fourth-order valence-electron chi connectivity index (χ4n) is 3.64. The number of hydrogen-bond acceptors (Lipinski definition) is 5. The van der Waals surface area contributed by atoms with Crippen molar-refractivity contribution in [2.45, 2.75) is 31.2 Å². The topological polar surface area (TPSA) is 114 Å². The van der Waals surface area contributed by atoms with Gasteiger partial charge in [-0.15, -0.1) is 4.40 Å². The Morgan fingerprint density at radius 3 is 2.59 bits per heavy atom. The molecule has 166 valence electrons. The molecule has 1 N–H and O–H groups in total. The highest BCUT2D eigenvalue weighted by atomic mass is 32.2. The molecular weight excluding hydrogens is 430 g/mol. The molecule has 1 amide bonds. The van der Waals surface area contributed by atoms with Crippen molar-refractivity contribution >= 4 is 38.2 Å². The summed E-state index contributed by atoms with van der Waals surface area (Å²) in [5.74, 6) is -0.0169. The van der Waals surface area contributed by atoms with E-state index in [0.717, 1.165) is 13.0 Å². The van der Waals surface area contributed by atoms with E-state index in [0.29, 0.717) is 29.6 Å². The number of carbonyl (C=O) groups excluding carboxylic acids is 1. The molecule has 0 saturated carbocycles.